The molecule has 0 aliphatic heterocycles. The van der Waals surface area contributed by atoms with Crippen LogP contribution in [-0.4, -0.2) is 31.4 Å². The van der Waals surface area contributed by atoms with Crippen LogP contribution in [0.4, 0.5) is 0 Å². The molecule has 8 heteroatoms. The predicted octanol–water partition coefficient (Wildman–Crippen LogP) is 1.76. The lowest BCUT2D eigenvalue weighted by atomic mass is 10.2. The van der Waals surface area contributed by atoms with Gasteiger partial charge in [-0.25, -0.2) is 18.1 Å². The number of methoxy groups -OCH3 is 1. The number of hydrogen-bond donors (Lipinski definition) is 1. The van der Waals surface area contributed by atoms with Crippen molar-refractivity contribution < 1.29 is 17.9 Å². The first-order valence-electron chi connectivity index (χ1n) is 6.92. The smallest absolute Gasteiger partial charge is 0.266 e. The zero-order valence-corrected chi connectivity index (χ0v) is 13.4. The van der Waals surface area contributed by atoms with Gasteiger partial charge in [0.2, 0.25) is 5.88 Å². The number of aromatic nitrogens is 2. The molecule has 0 bridgehead atoms. The number of pyridine rings is 2. The van der Waals surface area contributed by atoms with Crippen molar-refractivity contribution in [2.75, 3.05) is 7.11 Å². The largest absolute Gasteiger partial charge is 0.481 e. The van der Waals surface area contributed by atoms with Crippen LogP contribution in [-0.2, 0) is 10.0 Å². The molecule has 0 spiro atoms. The number of amides is 1. The Labute approximate surface area is 138 Å². The molecule has 24 heavy (non-hydrogen) atoms. The van der Waals surface area contributed by atoms with Crippen molar-refractivity contribution in [2.45, 2.75) is 4.90 Å². The molecule has 0 atom stereocenters. The van der Waals surface area contributed by atoms with E-state index in [0.29, 0.717) is 16.8 Å². The summed E-state index contributed by atoms with van der Waals surface area (Å²) in [6.45, 7) is 0. The standard InChI is InChI=1S/C16H13N3O4S/c1-23-15-8-7-11(10-18-15)16(20)19-24(21,22)14-6-2-5-13-12(14)4-3-9-17-13/h2-10H,1H3,(H,19,20). The fourth-order valence-corrected chi connectivity index (χ4v) is 3.37. The number of benzene rings is 1. The first-order valence-corrected chi connectivity index (χ1v) is 8.40. The number of carbonyl (C=O) groups is 1. The first kappa shape index (κ1) is 15.9. The van der Waals surface area contributed by atoms with E-state index in [1.807, 2.05) is 4.72 Å². The third-order valence-corrected chi connectivity index (χ3v) is 4.72. The molecule has 2 heterocycles. The summed E-state index contributed by atoms with van der Waals surface area (Å²) in [4.78, 5) is 20.2. The molecule has 0 aliphatic carbocycles. The van der Waals surface area contributed by atoms with Crippen LogP contribution >= 0.6 is 0 Å². The van der Waals surface area contributed by atoms with E-state index in [1.165, 1.54) is 31.5 Å². The minimum Gasteiger partial charge on any atom is -0.481 e. The second-order valence-electron chi connectivity index (χ2n) is 4.85. The zero-order chi connectivity index (χ0) is 17.2. The summed E-state index contributed by atoms with van der Waals surface area (Å²) in [7, 11) is -2.60. The van der Waals surface area contributed by atoms with Crippen LogP contribution in [0.15, 0.2) is 59.8 Å². The number of fused-ring (bicyclic) bond motifs is 1. The number of carbonyl (C=O) groups excluding carboxylic acids is 1. The third kappa shape index (κ3) is 3.04. The molecule has 0 fully saturated rings. The van der Waals surface area contributed by atoms with Gasteiger partial charge in [0.1, 0.15) is 0 Å². The average molecular weight is 343 g/mol. The summed E-state index contributed by atoms with van der Waals surface area (Å²) < 4.78 is 32.0. The van der Waals surface area contributed by atoms with Crippen molar-refractivity contribution in [1.82, 2.24) is 14.7 Å². The number of ether oxygens (including phenoxy) is 1. The molecular formula is C16H13N3O4S. The Morgan fingerprint density at radius 1 is 1.08 bits per heavy atom. The fraction of sp³-hybridized carbons (Fsp3) is 0.0625. The summed E-state index contributed by atoms with van der Waals surface area (Å²) in [6, 6.07) is 10.9. The third-order valence-electron chi connectivity index (χ3n) is 3.33. The minimum atomic E-state index is -4.05. The van der Waals surface area contributed by atoms with Gasteiger partial charge in [0, 0.05) is 23.8 Å². The zero-order valence-electron chi connectivity index (χ0n) is 12.6. The summed E-state index contributed by atoms with van der Waals surface area (Å²) >= 11 is 0. The highest BCUT2D eigenvalue weighted by atomic mass is 32.2. The normalized spacial score (nSPS) is 11.2. The highest BCUT2D eigenvalue weighted by Gasteiger charge is 2.21. The SMILES string of the molecule is COc1ccc(C(=O)NS(=O)(=O)c2cccc3ncccc23)cn1. The Morgan fingerprint density at radius 3 is 2.62 bits per heavy atom. The van der Waals surface area contributed by atoms with Gasteiger partial charge in [0.15, 0.2) is 0 Å². The lowest BCUT2D eigenvalue weighted by Crippen LogP contribution is -2.30. The van der Waals surface area contributed by atoms with Crippen LogP contribution in [0.3, 0.4) is 0 Å². The second-order valence-corrected chi connectivity index (χ2v) is 6.50. The monoisotopic (exact) mass is 343 g/mol. The number of nitrogens with one attached hydrogen (secondary N) is 1. The number of rotatable bonds is 4. The molecule has 2 aromatic heterocycles. The first-order chi connectivity index (χ1) is 11.5. The molecule has 0 unspecified atom stereocenters. The van der Waals surface area contributed by atoms with Gasteiger partial charge in [0.25, 0.3) is 15.9 Å². The predicted molar refractivity (Wildman–Crippen MR) is 87.2 cm³/mol. The Morgan fingerprint density at radius 2 is 1.92 bits per heavy atom. The van der Waals surface area contributed by atoms with E-state index in [4.69, 9.17) is 4.74 Å². The van der Waals surface area contributed by atoms with Crippen LogP contribution in [0.25, 0.3) is 10.9 Å². The number of hydrogen-bond acceptors (Lipinski definition) is 6. The van der Waals surface area contributed by atoms with Gasteiger partial charge in [-0.1, -0.05) is 6.07 Å². The average Bonchev–Trinajstić information content (AvgIpc) is 2.61. The molecule has 122 valence electrons. The van der Waals surface area contributed by atoms with Crippen molar-refractivity contribution in [2.24, 2.45) is 0 Å². The van der Waals surface area contributed by atoms with Crippen LogP contribution in [0.2, 0.25) is 0 Å². The lowest BCUT2D eigenvalue weighted by molar-refractivity contribution is 0.0981. The molecule has 0 saturated carbocycles. The molecule has 1 N–H and O–H groups in total. The van der Waals surface area contributed by atoms with Gasteiger partial charge in [0.05, 0.1) is 23.1 Å². The number of sulfonamides is 1. The van der Waals surface area contributed by atoms with E-state index >= 15 is 0 Å². The van der Waals surface area contributed by atoms with E-state index in [9.17, 15) is 13.2 Å². The van der Waals surface area contributed by atoms with E-state index in [-0.39, 0.29) is 10.5 Å². The van der Waals surface area contributed by atoms with Gasteiger partial charge in [-0.15, -0.1) is 0 Å². The highest BCUT2D eigenvalue weighted by Crippen LogP contribution is 2.21. The molecule has 0 aliphatic rings. The lowest BCUT2D eigenvalue weighted by Gasteiger charge is -2.09. The maximum atomic E-state index is 12.5. The Hall–Kier alpha value is -3.00. The van der Waals surface area contributed by atoms with Crippen LogP contribution < -0.4 is 9.46 Å². The minimum absolute atomic E-state index is 0.0112. The molecular weight excluding hydrogens is 330 g/mol. The van der Waals surface area contributed by atoms with Gasteiger partial charge in [-0.2, -0.15) is 0 Å². The van der Waals surface area contributed by atoms with Crippen molar-refractivity contribution in [1.29, 1.82) is 0 Å². The fourth-order valence-electron chi connectivity index (χ4n) is 2.18. The van der Waals surface area contributed by atoms with E-state index in [1.54, 1.807) is 30.5 Å². The van der Waals surface area contributed by atoms with Crippen molar-refractivity contribution in [3.05, 3.63) is 60.4 Å². The van der Waals surface area contributed by atoms with Gasteiger partial charge in [-0.05, 0) is 30.3 Å². The van der Waals surface area contributed by atoms with Crippen LogP contribution in [0.5, 0.6) is 5.88 Å². The van der Waals surface area contributed by atoms with Gasteiger partial charge < -0.3 is 4.74 Å². The molecule has 0 radical (unpaired) electrons. The Kier molecular flexibility index (Phi) is 4.13. The Bertz CT molecular complexity index is 996. The van der Waals surface area contributed by atoms with Crippen LogP contribution in [0, 0.1) is 0 Å². The van der Waals surface area contributed by atoms with Gasteiger partial charge in [-0.3, -0.25) is 9.78 Å². The summed E-state index contributed by atoms with van der Waals surface area (Å²) in [5.41, 5.74) is 0.636. The van der Waals surface area contributed by atoms with Crippen molar-refractivity contribution in [3.63, 3.8) is 0 Å². The summed E-state index contributed by atoms with van der Waals surface area (Å²) in [5.74, 6) is -0.444. The van der Waals surface area contributed by atoms with Gasteiger partial charge >= 0.3 is 0 Å². The Balaban J connectivity index is 1.94. The van der Waals surface area contributed by atoms with Crippen molar-refractivity contribution >= 4 is 26.8 Å². The molecule has 3 rings (SSSR count). The van der Waals surface area contributed by atoms with Crippen LogP contribution in [0.1, 0.15) is 10.4 Å². The molecule has 7 nitrogen and oxygen atoms in total. The number of nitrogens with zero attached hydrogens (tertiary/aromatic N) is 2. The van der Waals surface area contributed by atoms with Crippen molar-refractivity contribution in [3.8, 4) is 5.88 Å². The molecule has 0 saturated heterocycles. The van der Waals surface area contributed by atoms with E-state index in [0.717, 1.165) is 0 Å². The summed E-state index contributed by atoms with van der Waals surface area (Å²) in [6.07, 6.45) is 2.81. The molecule has 3 aromatic rings. The topological polar surface area (TPSA) is 98.2 Å². The van der Waals surface area contributed by atoms with E-state index in [2.05, 4.69) is 9.97 Å². The second kappa shape index (κ2) is 6.25. The van der Waals surface area contributed by atoms with E-state index < -0.39 is 15.9 Å². The summed E-state index contributed by atoms with van der Waals surface area (Å²) in [5, 5.41) is 0.438. The maximum absolute atomic E-state index is 12.5. The quantitative estimate of drug-likeness (QED) is 0.775. The molecule has 1 amide bonds. The highest BCUT2D eigenvalue weighted by molar-refractivity contribution is 7.90. The maximum Gasteiger partial charge on any atom is 0.266 e. The molecule has 1 aromatic carbocycles.